The van der Waals surface area contributed by atoms with Gasteiger partial charge in [-0.1, -0.05) is 18.5 Å². The van der Waals surface area contributed by atoms with E-state index in [0.29, 0.717) is 19.0 Å². The molecule has 2 amide bonds. The number of benzene rings is 1. The summed E-state index contributed by atoms with van der Waals surface area (Å²) in [5, 5.41) is 2.87. The van der Waals surface area contributed by atoms with Gasteiger partial charge in [0.25, 0.3) is 0 Å². The van der Waals surface area contributed by atoms with E-state index in [-0.39, 0.29) is 28.6 Å². The number of hydrogen-bond donors (Lipinski definition) is 1. The van der Waals surface area contributed by atoms with Crippen LogP contribution in [0.15, 0.2) is 18.2 Å². The second-order valence-corrected chi connectivity index (χ2v) is 6.38. The van der Waals surface area contributed by atoms with Crippen LogP contribution in [0.4, 0.5) is 5.69 Å². The van der Waals surface area contributed by atoms with Crippen LogP contribution in [0, 0.1) is 5.92 Å². The molecular formula is C17H21ClN2O4. The molecule has 0 atom stereocenters. The van der Waals surface area contributed by atoms with Crippen LogP contribution in [-0.4, -0.2) is 42.9 Å². The van der Waals surface area contributed by atoms with Crippen molar-refractivity contribution in [1.29, 1.82) is 0 Å². The third kappa shape index (κ3) is 4.71. The molecule has 0 bridgehead atoms. The average molecular weight is 353 g/mol. The molecular weight excluding hydrogens is 332 g/mol. The minimum absolute atomic E-state index is 0.195. The monoisotopic (exact) mass is 352 g/mol. The maximum absolute atomic E-state index is 12.2. The molecule has 2 rings (SSSR count). The topological polar surface area (TPSA) is 75.7 Å². The van der Waals surface area contributed by atoms with Gasteiger partial charge >= 0.3 is 5.97 Å². The molecule has 0 radical (unpaired) electrons. The zero-order valence-corrected chi connectivity index (χ0v) is 14.6. The number of carbonyl (C=O) groups is 3. The van der Waals surface area contributed by atoms with Crippen molar-refractivity contribution in [1.82, 2.24) is 4.90 Å². The fourth-order valence-corrected chi connectivity index (χ4v) is 2.73. The number of anilines is 1. The van der Waals surface area contributed by atoms with Crippen LogP contribution in [0.3, 0.4) is 0 Å². The third-order valence-electron chi connectivity index (χ3n) is 4.11. The summed E-state index contributed by atoms with van der Waals surface area (Å²) < 4.78 is 4.63. The molecule has 24 heavy (non-hydrogen) atoms. The summed E-state index contributed by atoms with van der Waals surface area (Å²) in [5.74, 6) is -0.564. The highest BCUT2D eigenvalue weighted by atomic mass is 35.5. The number of ether oxygens (including phenoxy) is 1. The predicted molar refractivity (Wildman–Crippen MR) is 91.0 cm³/mol. The third-order valence-corrected chi connectivity index (χ3v) is 4.44. The molecule has 1 aliphatic rings. The Hall–Kier alpha value is -2.08. The van der Waals surface area contributed by atoms with Gasteiger partial charge in [0.15, 0.2) is 0 Å². The Kier molecular flexibility index (Phi) is 6.20. The number of esters is 1. The van der Waals surface area contributed by atoms with E-state index < -0.39 is 11.9 Å². The van der Waals surface area contributed by atoms with E-state index in [0.717, 1.165) is 12.8 Å². The van der Waals surface area contributed by atoms with E-state index in [4.69, 9.17) is 11.6 Å². The number of piperidine rings is 1. The van der Waals surface area contributed by atoms with Gasteiger partial charge < -0.3 is 15.0 Å². The normalized spacial score (nSPS) is 15.0. The van der Waals surface area contributed by atoms with E-state index >= 15 is 0 Å². The molecule has 130 valence electrons. The molecule has 1 aromatic carbocycles. The van der Waals surface area contributed by atoms with Gasteiger partial charge in [0.05, 0.1) is 23.4 Å². The summed E-state index contributed by atoms with van der Waals surface area (Å²) in [7, 11) is 1.27. The molecule has 1 aromatic rings. The molecule has 1 fully saturated rings. The lowest BCUT2D eigenvalue weighted by Crippen LogP contribution is -2.39. The summed E-state index contributed by atoms with van der Waals surface area (Å²) in [6.45, 7) is 3.53. The molecule has 0 aliphatic carbocycles. The highest BCUT2D eigenvalue weighted by Gasteiger charge is 2.22. The SMILES string of the molecule is COC(=O)c1ccc(Cl)c(NC(=O)CC(=O)N2CCC(C)CC2)c1. The molecule has 6 nitrogen and oxygen atoms in total. The maximum atomic E-state index is 12.2. The van der Waals surface area contributed by atoms with Crippen molar-refractivity contribution in [2.45, 2.75) is 26.2 Å². The maximum Gasteiger partial charge on any atom is 0.337 e. The quantitative estimate of drug-likeness (QED) is 0.667. The Morgan fingerprint density at radius 2 is 1.96 bits per heavy atom. The summed E-state index contributed by atoms with van der Waals surface area (Å²) in [4.78, 5) is 37.5. The van der Waals surface area contributed by atoms with Crippen LogP contribution < -0.4 is 5.32 Å². The van der Waals surface area contributed by atoms with Crippen molar-refractivity contribution in [3.63, 3.8) is 0 Å². The molecule has 0 spiro atoms. The number of amides is 2. The van der Waals surface area contributed by atoms with Crippen LogP contribution in [0.1, 0.15) is 36.5 Å². The van der Waals surface area contributed by atoms with Gasteiger partial charge in [0.2, 0.25) is 11.8 Å². The van der Waals surface area contributed by atoms with E-state index in [9.17, 15) is 14.4 Å². The average Bonchev–Trinajstić information content (AvgIpc) is 2.56. The van der Waals surface area contributed by atoms with Crippen LogP contribution in [0.5, 0.6) is 0 Å². The summed E-state index contributed by atoms with van der Waals surface area (Å²) >= 11 is 6.03. The van der Waals surface area contributed by atoms with Gasteiger partial charge in [-0.15, -0.1) is 0 Å². The van der Waals surface area contributed by atoms with Gasteiger partial charge in [0.1, 0.15) is 6.42 Å². The zero-order chi connectivity index (χ0) is 17.7. The lowest BCUT2D eigenvalue weighted by molar-refractivity contribution is -0.135. The number of carbonyl (C=O) groups excluding carboxylic acids is 3. The summed E-state index contributed by atoms with van der Waals surface area (Å²) in [6.07, 6.45) is 1.67. The highest BCUT2D eigenvalue weighted by Crippen LogP contribution is 2.24. The molecule has 1 N–H and O–H groups in total. The van der Waals surface area contributed by atoms with Crippen LogP contribution in [-0.2, 0) is 14.3 Å². The Morgan fingerprint density at radius 3 is 2.58 bits per heavy atom. The number of methoxy groups -OCH3 is 1. The van der Waals surface area contributed by atoms with E-state index in [1.807, 2.05) is 0 Å². The van der Waals surface area contributed by atoms with Crippen molar-refractivity contribution in [3.8, 4) is 0 Å². The summed E-state index contributed by atoms with van der Waals surface area (Å²) in [5.41, 5.74) is 0.554. The number of nitrogens with one attached hydrogen (secondary N) is 1. The minimum atomic E-state index is -0.527. The van der Waals surface area contributed by atoms with Crippen molar-refractivity contribution in [3.05, 3.63) is 28.8 Å². The standard InChI is InChI=1S/C17H21ClN2O4/c1-11-5-7-20(8-6-11)16(22)10-15(21)19-14-9-12(17(23)24-2)3-4-13(14)18/h3-4,9,11H,5-8,10H2,1-2H3,(H,19,21). The fourth-order valence-electron chi connectivity index (χ4n) is 2.57. The van der Waals surface area contributed by atoms with Crippen LogP contribution >= 0.6 is 11.6 Å². The van der Waals surface area contributed by atoms with Crippen molar-refractivity contribution < 1.29 is 19.1 Å². The van der Waals surface area contributed by atoms with Crippen molar-refractivity contribution in [2.24, 2.45) is 5.92 Å². The second kappa shape index (κ2) is 8.15. The first kappa shape index (κ1) is 18.3. The Labute approximate surface area is 146 Å². The van der Waals surface area contributed by atoms with Crippen molar-refractivity contribution >= 4 is 35.1 Å². The lowest BCUT2D eigenvalue weighted by atomic mass is 9.99. The summed E-state index contributed by atoms with van der Waals surface area (Å²) in [6, 6.07) is 4.43. The smallest absolute Gasteiger partial charge is 0.337 e. The number of likely N-dealkylation sites (tertiary alicyclic amines) is 1. The molecule has 1 saturated heterocycles. The van der Waals surface area contributed by atoms with Crippen LogP contribution in [0.25, 0.3) is 0 Å². The fraction of sp³-hybridized carbons (Fsp3) is 0.471. The molecule has 1 aliphatic heterocycles. The number of nitrogens with zero attached hydrogens (tertiary/aromatic N) is 1. The molecule has 1 heterocycles. The molecule has 0 unspecified atom stereocenters. The predicted octanol–water partition coefficient (Wildman–Crippen LogP) is 2.71. The van der Waals surface area contributed by atoms with E-state index in [1.165, 1.54) is 25.3 Å². The molecule has 0 aromatic heterocycles. The first-order chi connectivity index (χ1) is 11.4. The number of hydrogen-bond acceptors (Lipinski definition) is 4. The first-order valence-electron chi connectivity index (χ1n) is 7.86. The van der Waals surface area contributed by atoms with Crippen molar-refractivity contribution in [2.75, 3.05) is 25.5 Å². The van der Waals surface area contributed by atoms with Gasteiger partial charge in [-0.05, 0) is 37.0 Å². The largest absolute Gasteiger partial charge is 0.465 e. The van der Waals surface area contributed by atoms with E-state index in [2.05, 4.69) is 17.0 Å². The first-order valence-corrected chi connectivity index (χ1v) is 8.24. The van der Waals surface area contributed by atoms with Gasteiger partial charge in [-0.3, -0.25) is 9.59 Å². The van der Waals surface area contributed by atoms with Gasteiger partial charge in [0, 0.05) is 13.1 Å². The Balaban J connectivity index is 1.96. The van der Waals surface area contributed by atoms with E-state index in [1.54, 1.807) is 4.90 Å². The number of halogens is 1. The minimum Gasteiger partial charge on any atom is -0.465 e. The highest BCUT2D eigenvalue weighted by molar-refractivity contribution is 6.34. The Morgan fingerprint density at radius 1 is 1.29 bits per heavy atom. The molecule has 0 saturated carbocycles. The van der Waals surface area contributed by atoms with Gasteiger partial charge in [-0.2, -0.15) is 0 Å². The Bertz CT molecular complexity index is 639. The van der Waals surface area contributed by atoms with Crippen LogP contribution in [0.2, 0.25) is 5.02 Å². The zero-order valence-electron chi connectivity index (χ0n) is 13.8. The van der Waals surface area contributed by atoms with Gasteiger partial charge in [-0.25, -0.2) is 4.79 Å². The molecule has 7 heteroatoms. The number of rotatable bonds is 4. The lowest BCUT2D eigenvalue weighted by Gasteiger charge is -2.30. The second-order valence-electron chi connectivity index (χ2n) is 5.97.